The van der Waals surface area contributed by atoms with Crippen LogP contribution in [-0.4, -0.2) is 40.8 Å². The van der Waals surface area contributed by atoms with Gasteiger partial charge in [-0.3, -0.25) is 4.79 Å². The van der Waals surface area contributed by atoms with Crippen molar-refractivity contribution in [3.63, 3.8) is 0 Å². The molecule has 2 unspecified atom stereocenters. The van der Waals surface area contributed by atoms with Crippen LogP contribution in [0, 0.1) is 5.92 Å². The summed E-state index contributed by atoms with van der Waals surface area (Å²) in [5, 5.41) is 12.1. The molecule has 1 fully saturated rings. The summed E-state index contributed by atoms with van der Waals surface area (Å²) in [5.74, 6) is -1.59. The zero-order chi connectivity index (χ0) is 16.3. The number of carbonyl (C=O) groups is 2. The van der Waals surface area contributed by atoms with Gasteiger partial charge < -0.3 is 19.7 Å². The summed E-state index contributed by atoms with van der Waals surface area (Å²) in [6.45, 7) is 4.95. The molecular formula is C15H21BrN2O4. The Bertz CT molecular complexity index is 550. The van der Waals surface area contributed by atoms with Crippen molar-refractivity contribution in [2.75, 3.05) is 13.2 Å². The highest BCUT2D eigenvalue weighted by Crippen LogP contribution is 2.21. The number of hydrogen-bond donors (Lipinski definition) is 2. The normalized spacial score (nSPS) is 19.9. The number of ether oxygens (including phenoxy) is 1. The van der Waals surface area contributed by atoms with E-state index in [-0.39, 0.29) is 17.9 Å². The second kappa shape index (κ2) is 7.28. The van der Waals surface area contributed by atoms with Crippen LogP contribution in [0.1, 0.15) is 43.2 Å². The molecule has 6 nitrogen and oxygen atoms in total. The van der Waals surface area contributed by atoms with Crippen molar-refractivity contribution in [1.82, 2.24) is 9.88 Å². The van der Waals surface area contributed by atoms with Crippen LogP contribution in [0.2, 0.25) is 0 Å². The summed E-state index contributed by atoms with van der Waals surface area (Å²) in [6, 6.07) is 0.876. The van der Waals surface area contributed by atoms with Crippen molar-refractivity contribution in [3.8, 4) is 0 Å². The Balaban J connectivity index is 2.16. The van der Waals surface area contributed by atoms with E-state index < -0.39 is 12.0 Å². The van der Waals surface area contributed by atoms with Gasteiger partial charge in [-0.1, -0.05) is 0 Å². The molecule has 1 saturated heterocycles. The Labute approximate surface area is 138 Å². The van der Waals surface area contributed by atoms with Gasteiger partial charge in [-0.2, -0.15) is 0 Å². The first-order valence-electron chi connectivity index (χ1n) is 7.39. The van der Waals surface area contributed by atoms with E-state index in [1.54, 1.807) is 6.07 Å². The molecule has 0 bridgehead atoms. The number of aliphatic carboxylic acids is 1. The quantitative estimate of drug-likeness (QED) is 0.831. The van der Waals surface area contributed by atoms with Crippen LogP contribution in [0.5, 0.6) is 0 Å². The van der Waals surface area contributed by atoms with E-state index in [0.717, 1.165) is 17.3 Å². The molecule has 2 heterocycles. The van der Waals surface area contributed by atoms with E-state index in [4.69, 9.17) is 4.74 Å². The van der Waals surface area contributed by atoms with Crippen LogP contribution in [0.4, 0.5) is 0 Å². The topological polar surface area (TPSA) is 80.6 Å². The second-order valence-corrected chi connectivity index (χ2v) is 6.73. The first-order valence-corrected chi connectivity index (χ1v) is 8.18. The zero-order valence-corrected chi connectivity index (χ0v) is 14.3. The third-order valence-corrected chi connectivity index (χ3v) is 4.26. The molecule has 1 aliphatic rings. The van der Waals surface area contributed by atoms with Gasteiger partial charge in [0.2, 0.25) is 0 Å². The summed E-state index contributed by atoms with van der Waals surface area (Å²) in [6.07, 6.45) is 3.38. The van der Waals surface area contributed by atoms with Crippen LogP contribution in [0.15, 0.2) is 16.7 Å². The Morgan fingerprint density at radius 2 is 2.23 bits per heavy atom. The van der Waals surface area contributed by atoms with Crippen molar-refractivity contribution >= 4 is 27.8 Å². The number of nitrogens with one attached hydrogen (secondary N) is 1. The van der Waals surface area contributed by atoms with Gasteiger partial charge in [0.25, 0.3) is 5.91 Å². The monoisotopic (exact) mass is 372 g/mol. The summed E-state index contributed by atoms with van der Waals surface area (Å²) >= 11 is 3.35. The van der Waals surface area contributed by atoms with Gasteiger partial charge in [-0.25, -0.2) is 4.79 Å². The number of carbonyl (C=O) groups excluding carboxylic acids is 1. The number of rotatable bonds is 5. The summed E-state index contributed by atoms with van der Waals surface area (Å²) in [4.78, 5) is 24.0. The van der Waals surface area contributed by atoms with E-state index in [9.17, 15) is 14.7 Å². The van der Waals surface area contributed by atoms with Crippen molar-refractivity contribution in [3.05, 3.63) is 22.4 Å². The molecule has 1 aliphatic heterocycles. The van der Waals surface area contributed by atoms with Crippen molar-refractivity contribution in [2.45, 2.75) is 38.8 Å². The smallest absolute Gasteiger partial charge is 0.326 e. The van der Waals surface area contributed by atoms with Crippen molar-refractivity contribution < 1.29 is 19.4 Å². The fourth-order valence-corrected chi connectivity index (χ4v) is 3.12. The van der Waals surface area contributed by atoms with Crippen LogP contribution in [0.25, 0.3) is 0 Å². The number of aromatic nitrogens is 1. The molecule has 2 atom stereocenters. The molecule has 2 rings (SSSR count). The predicted molar refractivity (Wildman–Crippen MR) is 85.0 cm³/mol. The molecule has 1 aromatic rings. The minimum Gasteiger partial charge on any atom is -0.480 e. The Kier molecular flexibility index (Phi) is 5.63. The zero-order valence-electron chi connectivity index (χ0n) is 12.7. The Morgan fingerprint density at radius 1 is 1.50 bits per heavy atom. The van der Waals surface area contributed by atoms with E-state index in [1.807, 2.05) is 24.6 Å². The molecule has 7 heteroatoms. The maximum absolute atomic E-state index is 12.5. The van der Waals surface area contributed by atoms with E-state index in [2.05, 4.69) is 21.2 Å². The second-order valence-electron chi connectivity index (χ2n) is 5.81. The van der Waals surface area contributed by atoms with Gasteiger partial charge in [-0.05, 0) is 48.7 Å². The average Bonchev–Trinajstić information content (AvgIpc) is 2.87. The lowest BCUT2D eigenvalue weighted by Gasteiger charge is -2.28. The minimum absolute atomic E-state index is 0.105. The maximum Gasteiger partial charge on any atom is 0.326 e. The van der Waals surface area contributed by atoms with Gasteiger partial charge in [0.1, 0.15) is 11.7 Å². The highest BCUT2D eigenvalue weighted by atomic mass is 79.9. The molecular weight excluding hydrogens is 352 g/mol. The highest BCUT2D eigenvalue weighted by molar-refractivity contribution is 9.10. The molecule has 22 heavy (non-hydrogen) atoms. The SMILES string of the molecule is CC(C)n1cc(Br)cc1C(=O)NC(C(=O)O)C1CCCOC1. The number of nitrogens with zero attached hydrogens (tertiary/aromatic N) is 1. The van der Waals surface area contributed by atoms with Gasteiger partial charge in [0.05, 0.1) is 6.61 Å². The molecule has 2 N–H and O–H groups in total. The molecule has 1 amide bonds. The molecule has 0 radical (unpaired) electrons. The van der Waals surface area contributed by atoms with Crippen LogP contribution in [-0.2, 0) is 9.53 Å². The fourth-order valence-electron chi connectivity index (χ4n) is 2.68. The summed E-state index contributed by atoms with van der Waals surface area (Å²) in [7, 11) is 0. The van der Waals surface area contributed by atoms with Gasteiger partial charge >= 0.3 is 5.97 Å². The molecule has 122 valence electrons. The number of halogens is 1. The number of hydrogen-bond acceptors (Lipinski definition) is 3. The van der Waals surface area contributed by atoms with E-state index in [0.29, 0.717) is 18.9 Å². The van der Waals surface area contributed by atoms with E-state index in [1.165, 1.54) is 0 Å². The van der Waals surface area contributed by atoms with Crippen molar-refractivity contribution in [1.29, 1.82) is 0 Å². The van der Waals surface area contributed by atoms with Crippen LogP contribution >= 0.6 is 15.9 Å². The number of carboxylic acid groups (broad SMARTS) is 1. The van der Waals surface area contributed by atoms with Gasteiger partial charge in [-0.15, -0.1) is 0 Å². The third-order valence-electron chi connectivity index (χ3n) is 3.82. The minimum atomic E-state index is -1.02. The number of amides is 1. The lowest BCUT2D eigenvalue weighted by Crippen LogP contribution is -2.48. The highest BCUT2D eigenvalue weighted by Gasteiger charge is 2.32. The van der Waals surface area contributed by atoms with Crippen LogP contribution < -0.4 is 5.32 Å². The lowest BCUT2D eigenvalue weighted by molar-refractivity contribution is -0.142. The summed E-state index contributed by atoms with van der Waals surface area (Å²) in [5.41, 5.74) is 0.449. The molecule has 0 saturated carbocycles. The molecule has 0 aliphatic carbocycles. The molecule has 1 aromatic heterocycles. The maximum atomic E-state index is 12.5. The molecule has 0 aromatic carbocycles. The standard InChI is InChI=1S/C15H21BrN2O4/c1-9(2)18-7-11(16)6-12(18)14(19)17-13(15(20)21)10-4-3-5-22-8-10/h6-7,9-10,13H,3-5,8H2,1-2H3,(H,17,19)(H,20,21). The predicted octanol–water partition coefficient (Wildman–Crippen LogP) is 2.44. The first kappa shape index (κ1) is 17.0. The largest absolute Gasteiger partial charge is 0.480 e. The lowest BCUT2D eigenvalue weighted by atomic mass is 9.93. The van der Waals surface area contributed by atoms with Crippen LogP contribution in [0.3, 0.4) is 0 Å². The first-order chi connectivity index (χ1) is 10.4. The summed E-state index contributed by atoms with van der Waals surface area (Å²) < 4.78 is 7.95. The Hall–Kier alpha value is -1.34. The Morgan fingerprint density at radius 3 is 2.77 bits per heavy atom. The average molecular weight is 373 g/mol. The molecule has 0 spiro atoms. The third kappa shape index (κ3) is 3.89. The fraction of sp³-hybridized carbons (Fsp3) is 0.600. The van der Waals surface area contributed by atoms with E-state index >= 15 is 0 Å². The number of carboxylic acids is 1. The van der Waals surface area contributed by atoms with Crippen molar-refractivity contribution in [2.24, 2.45) is 5.92 Å². The van der Waals surface area contributed by atoms with Gasteiger partial charge in [0, 0.05) is 29.2 Å². The van der Waals surface area contributed by atoms with Gasteiger partial charge in [0.15, 0.2) is 0 Å².